The van der Waals surface area contributed by atoms with Crippen molar-refractivity contribution in [1.82, 2.24) is 14.5 Å². The Balaban J connectivity index is 1.54. The molecule has 0 saturated heterocycles. The molecule has 4 rings (SSSR count). The molecular formula is C26H22N4O4S. The van der Waals surface area contributed by atoms with E-state index in [4.69, 9.17) is 5.10 Å². The number of benzene rings is 3. The first-order valence-electron chi connectivity index (χ1n) is 10.6. The molecule has 4 aromatic rings. The van der Waals surface area contributed by atoms with E-state index in [-0.39, 0.29) is 4.90 Å². The van der Waals surface area contributed by atoms with E-state index in [1.54, 1.807) is 10.8 Å². The lowest BCUT2D eigenvalue weighted by molar-refractivity contribution is -0.117. The molecule has 0 aliphatic heterocycles. The minimum atomic E-state index is -3.94. The van der Waals surface area contributed by atoms with Gasteiger partial charge in [-0.1, -0.05) is 48.5 Å². The maximum absolute atomic E-state index is 12.5. The lowest BCUT2D eigenvalue weighted by atomic mass is 10.1. The van der Waals surface area contributed by atoms with Crippen molar-refractivity contribution in [2.24, 2.45) is 0 Å². The van der Waals surface area contributed by atoms with Crippen LogP contribution in [0, 0.1) is 0 Å². The number of hydrogen-bond donors (Lipinski definition) is 2. The molecule has 0 aliphatic carbocycles. The SMILES string of the molecule is CC(=O)NS(=O)(=O)c1ccc(NC(=O)C=Cc2cn(-c3ccccc3)nc2-c2ccccc2)cc1. The minimum absolute atomic E-state index is 0.0814. The van der Waals surface area contributed by atoms with Crippen LogP contribution in [-0.4, -0.2) is 30.0 Å². The zero-order valence-electron chi connectivity index (χ0n) is 18.8. The highest BCUT2D eigenvalue weighted by atomic mass is 32.2. The smallest absolute Gasteiger partial charge is 0.264 e. The van der Waals surface area contributed by atoms with Crippen molar-refractivity contribution in [1.29, 1.82) is 0 Å². The van der Waals surface area contributed by atoms with Crippen LogP contribution in [0.4, 0.5) is 5.69 Å². The fraction of sp³-hybridized carbons (Fsp3) is 0.0385. The summed E-state index contributed by atoms with van der Waals surface area (Å²) in [7, 11) is -3.94. The molecule has 0 bridgehead atoms. The van der Waals surface area contributed by atoms with Crippen molar-refractivity contribution in [2.45, 2.75) is 11.8 Å². The van der Waals surface area contributed by atoms with Crippen molar-refractivity contribution in [3.05, 3.63) is 103 Å². The third-order valence-electron chi connectivity index (χ3n) is 4.94. The second-order valence-corrected chi connectivity index (χ2v) is 9.27. The first kappa shape index (κ1) is 23.7. The normalized spacial score (nSPS) is 11.3. The van der Waals surface area contributed by atoms with E-state index in [0.29, 0.717) is 5.69 Å². The van der Waals surface area contributed by atoms with Gasteiger partial charge in [-0.15, -0.1) is 0 Å². The molecule has 2 N–H and O–H groups in total. The molecule has 0 atom stereocenters. The standard InChI is InChI=1S/C26H22N4O4S/c1-19(31)29-35(33,34)24-15-13-22(14-16-24)27-25(32)17-12-21-18-30(23-10-6-3-7-11-23)28-26(21)20-8-4-2-5-9-20/h2-18H,1H3,(H,27,32)(H,29,31). The molecule has 0 fully saturated rings. The van der Waals surface area contributed by atoms with Crippen LogP contribution >= 0.6 is 0 Å². The predicted molar refractivity (Wildman–Crippen MR) is 134 cm³/mol. The lowest BCUT2D eigenvalue weighted by Crippen LogP contribution is -2.28. The van der Waals surface area contributed by atoms with E-state index < -0.39 is 21.8 Å². The number of para-hydroxylation sites is 1. The number of nitrogens with zero attached hydrogens (tertiary/aromatic N) is 2. The maximum Gasteiger partial charge on any atom is 0.264 e. The van der Waals surface area contributed by atoms with Gasteiger partial charge in [-0.2, -0.15) is 5.10 Å². The Bertz CT molecular complexity index is 1480. The highest BCUT2D eigenvalue weighted by molar-refractivity contribution is 7.90. The molecule has 3 aromatic carbocycles. The number of sulfonamides is 1. The summed E-state index contributed by atoms with van der Waals surface area (Å²) < 4.78 is 27.8. The molecule has 0 saturated carbocycles. The summed E-state index contributed by atoms with van der Waals surface area (Å²) in [5, 5.41) is 7.41. The highest BCUT2D eigenvalue weighted by Crippen LogP contribution is 2.25. The maximum atomic E-state index is 12.5. The van der Waals surface area contributed by atoms with Crippen molar-refractivity contribution in [3.8, 4) is 16.9 Å². The molecule has 1 heterocycles. The number of aromatic nitrogens is 2. The second-order valence-electron chi connectivity index (χ2n) is 7.59. The van der Waals surface area contributed by atoms with Gasteiger partial charge in [-0.05, 0) is 42.5 Å². The average Bonchev–Trinajstić information content (AvgIpc) is 3.28. The first-order chi connectivity index (χ1) is 16.8. The molecule has 0 unspecified atom stereocenters. The van der Waals surface area contributed by atoms with E-state index in [9.17, 15) is 18.0 Å². The third-order valence-corrected chi connectivity index (χ3v) is 6.38. The lowest BCUT2D eigenvalue weighted by Gasteiger charge is -2.06. The van der Waals surface area contributed by atoms with Gasteiger partial charge in [-0.3, -0.25) is 9.59 Å². The Morgan fingerprint density at radius 1 is 0.886 bits per heavy atom. The van der Waals surface area contributed by atoms with Gasteiger partial charge in [0.25, 0.3) is 10.0 Å². The van der Waals surface area contributed by atoms with Crippen LogP contribution in [0.15, 0.2) is 102 Å². The predicted octanol–water partition coefficient (Wildman–Crippen LogP) is 4.02. The van der Waals surface area contributed by atoms with Crippen LogP contribution in [0.5, 0.6) is 0 Å². The summed E-state index contributed by atoms with van der Waals surface area (Å²) in [6.07, 6.45) is 4.92. The Hall–Kier alpha value is -4.50. The quantitative estimate of drug-likeness (QED) is 0.384. The summed E-state index contributed by atoms with van der Waals surface area (Å²) in [5.74, 6) is -1.08. The zero-order chi connectivity index (χ0) is 24.8. The van der Waals surface area contributed by atoms with Crippen LogP contribution in [0.2, 0.25) is 0 Å². The number of hydrogen-bond acceptors (Lipinski definition) is 5. The monoisotopic (exact) mass is 486 g/mol. The number of rotatable bonds is 7. The summed E-state index contributed by atoms with van der Waals surface area (Å²) in [6.45, 7) is 1.12. The number of nitrogens with one attached hydrogen (secondary N) is 2. The van der Waals surface area contributed by atoms with Crippen molar-refractivity contribution in [2.75, 3.05) is 5.32 Å². The fourth-order valence-electron chi connectivity index (χ4n) is 3.36. The van der Waals surface area contributed by atoms with Crippen LogP contribution in [0.25, 0.3) is 23.0 Å². The van der Waals surface area contributed by atoms with Crippen LogP contribution in [-0.2, 0) is 19.6 Å². The van der Waals surface area contributed by atoms with Crippen LogP contribution < -0.4 is 10.0 Å². The Morgan fingerprint density at radius 3 is 2.14 bits per heavy atom. The molecule has 35 heavy (non-hydrogen) atoms. The molecule has 8 nitrogen and oxygen atoms in total. The topological polar surface area (TPSA) is 110 Å². The Labute approximate surface area is 203 Å². The van der Waals surface area contributed by atoms with E-state index in [2.05, 4.69) is 5.32 Å². The second kappa shape index (κ2) is 10.2. The van der Waals surface area contributed by atoms with Gasteiger partial charge < -0.3 is 5.32 Å². The average molecular weight is 487 g/mol. The van der Waals surface area contributed by atoms with Gasteiger partial charge in [0, 0.05) is 36.0 Å². The number of carbonyl (C=O) groups is 2. The van der Waals surface area contributed by atoms with Crippen molar-refractivity contribution < 1.29 is 18.0 Å². The largest absolute Gasteiger partial charge is 0.323 e. The molecule has 0 spiro atoms. The van der Waals surface area contributed by atoms with Gasteiger partial charge in [0.1, 0.15) is 0 Å². The summed E-state index contributed by atoms with van der Waals surface area (Å²) in [5.41, 5.74) is 3.70. The third kappa shape index (κ3) is 5.90. The van der Waals surface area contributed by atoms with Gasteiger partial charge >= 0.3 is 0 Å². The summed E-state index contributed by atoms with van der Waals surface area (Å²) in [4.78, 5) is 23.5. The molecule has 9 heteroatoms. The van der Waals surface area contributed by atoms with E-state index in [1.807, 2.05) is 71.6 Å². The molecule has 2 amide bonds. The summed E-state index contributed by atoms with van der Waals surface area (Å²) >= 11 is 0. The van der Waals surface area contributed by atoms with E-state index in [1.165, 1.54) is 30.3 Å². The minimum Gasteiger partial charge on any atom is -0.323 e. The molecule has 1 aromatic heterocycles. The van der Waals surface area contributed by atoms with E-state index >= 15 is 0 Å². The number of carbonyl (C=O) groups excluding carboxylic acids is 2. The Morgan fingerprint density at radius 2 is 1.51 bits per heavy atom. The van der Waals surface area contributed by atoms with Gasteiger partial charge in [0.05, 0.1) is 16.3 Å². The zero-order valence-corrected chi connectivity index (χ0v) is 19.6. The van der Waals surface area contributed by atoms with Crippen LogP contribution in [0.3, 0.4) is 0 Å². The molecule has 0 aliphatic rings. The molecular weight excluding hydrogens is 464 g/mol. The number of anilines is 1. The first-order valence-corrected chi connectivity index (χ1v) is 12.1. The fourth-order valence-corrected chi connectivity index (χ4v) is 4.35. The molecule has 0 radical (unpaired) electrons. The van der Waals surface area contributed by atoms with Gasteiger partial charge in [0.2, 0.25) is 11.8 Å². The van der Waals surface area contributed by atoms with Crippen molar-refractivity contribution in [3.63, 3.8) is 0 Å². The summed E-state index contributed by atoms with van der Waals surface area (Å²) in [6, 6.07) is 24.8. The highest BCUT2D eigenvalue weighted by Gasteiger charge is 2.15. The van der Waals surface area contributed by atoms with Gasteiger partial charge in [0.15, 0.2) is 0 Å². The Kier molecular flexibility index (Phi) is 6.88. The van der Waals surface area contributed by atoms with Gasteiger partial charge in [-0.25, -0.2) is 17.8 Å². The van der Waals surface area contributed by atoms with E-state index in [0.717, 1.165) is 29.4 Å². The molecule has 176 valence electrons. The number of amides is 2. The van der Waals surface area contributed by atoms with Crippen LogP contribution in [0.1, 0.15) is 12.5 Å². The van der Waals surface area contributed by atoms with Crippen molar-refractivity contribution >= 4 is 33.6 Å².